The Hall–Kier alpha value is -2.11. The van der Waals surface area contributed by atoms with E-state index in [1.54, 1.807) is 7.11 Å². The van der Waals surface area contributed by atoms with Crippen LogP contribution in [-0.2, 0) is 11.2 Å². The molecule has 26 heavy (non-hydrogen) atoms. The Morgan fingerprint density at radius 2 is 2.23 bits per heavy atom. The Balaban J connectivity index is 1.53. The Labute approximate surface area is 161 Å². The third-order valence-electron chi connectivity index (χ3n) is 4.67. The molecule has 1 atom stereocenters. The molecule has 0 fully saturated rings. The van der Waals surface area contributed by atoms with Gasteiger partial charge >= 0.3 is 0 Å². The van der Waals surface area contributed by atoms with E-state index < -0.39 is 0 Å². The number of aromatic nitrogens is 1. The van der Waals surface area contributed by atoms with Crippen molar-refractivity contribution in [3.05, 3.63) is 58.7 Å². The van der Waals surface area contributed by atoms with Gasteiger partial charge in [-0.2, -0.15) is 0 Å². The van der Waals surface area contributed by atoms with Crippen LogP contribution < -0.4 is 10.1 Å². The second kappa shape index (κ2) is 7.25. The molecule has 2 heterocycles. The van der Waals surface area contributed by atoms with E-state index in [9.17, 15) is 4.79 Å². The molecular formula is C20H19ClN2O2S. The minimum absolute atomic E-state index is 0.0107. The van der Waals surface area contributed by atoms with Gasteiger partial charge in [0.2, 0.25) is 5.91 Å². The lowest BCUT2D eigenvalue weighted by Crippen LogP contribution is -2.31. The number of thioether (sulfide) groups is 1. The molecule has 0 saturated heterocycles. The van der Waals surface area contributed by atoms with Crippen LogP contribution in [0.25, 0.3) is 10.9 Å². The van der Waals surface area contributed by atoms with E-state index in [1.165, 1.54) is 4.90 Å². The van der Waals surface area contributed by atoms with Crippen molar-refractivity contribution >= 4 is 40.2 Å². The highest BCUT2D eigenvalue weighted by atomic mass is 35.5. The van der Waals surface area contributed by atoms with Crippen molar-refractivity contribution in [1.82, 2.24) is 10.3 Å². The molecule has 0 aliphatic carbocycles. The highest BCUT2D eigenvalue weighted by Crippen LogP contribution is 2.37. The zero-order valence-corrected chi connectivity index (χ0v) is 15.9. The standard InChI is InChI=1S/C20H19ClN2O2S/c1-25-14-3-4-17-15(10-14)12(11-22-17)8-20(24)23-18-6-7-26-19-5-2-13(21)9-16(18)19/h2-5,9-11,18,22H,6-8H2,1H3,(H,23,24). The fourth-order valence-electron chi connectivity index (χ4n) is 3.36. The van der Waals surface area contributed by atoms with Crippen LogP contribution in [0, 0.1) is 0 Å². The summed E-state index contributed by atoms with van der Waals surface area (Å²) < 4.78 is 5.29. The SMILES string of the molecule is COc1ccc2[nH]cc(CC(=O)NC3CCSc4ccc(Cl)cc43)c2c1. The molecular weight excluding hydrogens is 368 g/mol. The van der Waals surface area contributed by atoms with E-state index in [2.05, 4.69) is 10.3 Å². The van der Waals surface area contributed by atoms with Crippen molar-refractivity contribution in [1.29, 1.82) is 0 Å². The maximum Gasteiger partial charge on any atom is 0.224 e. The van der Waals surface area contributed by atoms with Gasteiger partial charge in [0, 0.05) is 32.8 Å². The first-order valence-corrected chi connectivity index (χ1v) is 9.86. The zero-order chi connectivity index (χ0) is 18.1. The summed E-state index contributed by atoms with van der Waals surface area (Å²) in [6, 6.07) is 11.7. The smallest absolute Gasteiger partial charge is 0.224 e. The van der Waals surface area contributed by atoms with Gasteiger partial charge in [0.1, 0.15) is 5.75 Å². The Bertz CT molecular complexity index is 970. The first kappa shape index (κ1) is 17.3. The second-order valence-electron chi connectivity index (χ2n) is 6.34. The minimum Gasteiger partial charge on any atom is -0.497 e. The predicted octanol–water partition coefficient (Wildman–Crippen LogP) is 4.73. The number of nitrogens with one attached hydrogen (secondary N) is 2. The summed E-state index contributed by atoms with van der Waals surface area (Å²) in [6.45, 7) is 0. The van der Waals surface area contributed by atoms with Gasteiger partial charge in [-0.25, -0.2) is 0 Å². The van der Waals surface area contributed by atoms with Gasteiger partial charge in [-0.1, -0.05) is 11.6 Å². The van der Waals surface area contributed by atoms with Crippen LogP contribution in [0.15, 0.2) is 47.5 Å². The molecule has 134 valence electrons. The van der Waals surface area contributed by atoms with Crippen LogP contribution in [0.4, 0.5) is 0 Å². The van der Waals surface area contributed by atoms with E-state index >= 15 is 0 Å². The fraction of sp³-hybridized carbons (Fsp3) is 0.250. The molecule has 1 amide bonds. The summed E-state index contributed by atoms with van der Waals surface area (Å²) in [5, 5.41) is 4.90. The summed E-state index contributed by atoms with van der Waals surface area (Å²) >= 11 is 7.96. The van der Waals surface area contributed by atoms with Gasteiger partial charge in [-0.3, -0.25) is 4.79 Å². The molecule has 4 rings (SSSR count). The van der Waals surface area contributed by atoms with Crippen molar-refractivity contribution in [3.63, 3.8) is 0 Å². The Morgan fingerprint density at radius 3 is 3.08 bits per heavy atom. The second-order valence-corrected chi connectivity index (χ2v) is 7.91. The monoisotopic (exact) mass is 386 g/mol. The summed E-state index contributed by atoms with van der Waals surface area (Å²) in [7, 11) is 1.64. The number of carbonyl (C=O) groups is 1. The normalized spacial score (nSPS) is 16.3. The van der Waals surface area contributed by atoms with Crippen molar-refractivity contribution in [2.75, 3.05) is 12.9 Å². The molecule has 2 aromatic carbocycles. The van der Waals surface area contributed by atoms with Crippen molar-refractivity contribution < 1.29 is 9.53 Å². The summed E-state index contributed by atoms with van der Waals surface area (Å²) in [5.74, 6) is 1.78. The lowest BCUT2D eigenvalue weighted by molar-refractivity contribution is -0.121. The first-order chi connectivity index (χ1) is 12.6. The summed E-state index contributed by atoms with van der Waals surface area (Å²) in [6.07, 6.45) is 3.13. The molecule has 1 aliphatic heterocycles. The molecule has 1 unspecified atom stereocenters. The highest BCUT2D eigenvalue weighted by Gasteiger charge is 2.23. The molecule has 4 nitrogen and oxygen atoms in total. The van der Waals surface area contributed by atoms with Gasteiger partial charge in [0.15, 0.2) is 0 Å². The van der Waals surface area contributed by atoms with Gasteiger partial charge in [-0.15, -0.1) is 11.8 Å². The minimum atomic E-state index is 0.0107. The van der Waals surface area contributed by atoms with Crippen LogP contribution in [0.2, 0.25) is 5.02 Å². The predicted molar refractivity (Wildman–Crippen MR) is 106 cm³/mol. The summed E-state index contributed by atoms with van der Waals surface area (Å²) in [5.41, 5.74) is 3.08. The molecule has 0 radical (unpaired) electrons. The zero-order valence-electron chi connectivity index (χ0n) is 14.3. The van der Waals surface area contributed by atoms with E-state index in [0.717, 1.165) is 40.0 Å². The number of halogens is 1. The molecule has 0 bridgehead atoms. The van der Waals surface area contributed by atoms with Gasteiger partial charge < -0.3 is 15.0 Å². The molecule has 0 spiro atoms. The molecule has 0 saturated carbocycles. The molecule has 3 aromatic rings. The van der Waals surface area contributed by atoms with Crippen LogP contribution >= 0.6 is 23.4 Å². The molecule has 1 aliphatic rings. The summed E-state index contributed by atoms with van der Waals surface area (Å²) in [4.78, 5) is 17.1. The largest absolute Gasteiger partial charge is 0.497 e. The number of methoxy groups -OCH3 is 1. The van der Waals surface area contributed by atoms with Crippen LogP contribution in [0.1, 0.15) is 23.6 Å². The first-order valence-electron chi connectivity index (χ1n) is 8.49. The van der Waals surface area contributed by atoms with Crippen LogP contribution in [-0.4, -0.2) is 23.8 Å². The molecule has 2 N–H and O–H groups in total. The number of rotatable bonds is 4. The number of aromatic amines is 1. The van der Waals surface area contributed by atoms with Gasteiger partial charge in [0.25, 0.3) is 0 Å². The number of carbonyl (C=O) groups excluding carboxylic acids is 1. The number of fused-ring (bicyclic) bond motifs is 2. The number of H-pyrrole nitrogens is 1. The highest BCUT2D eigenvalue weighted by molar-refractivity contribution is 7.99. The van der Waals surface area contributed by atoms with Crippen molar-refractivity contribution in [2.24, 2.45) is 0 Å². The van der Waals surface area contributed by atoms with E-state index in [0.29, 0.717) is 11.4 Å². The average Bonchev–Trinajstić information content (AvgIpc) is 3.04. The topological polar surface area (TPSA) is 54.1 Å². The van der Waals surface area contributed by atoms with E-state index in [1.807, 2.05) is 54.4 Å². The van der Waals surface area contributed by atoms with Crippen LogP contribution in [0.5, 0.6) is 5.75 Å². The quantitative estimate of drug-likeness (QED) is 0.681. The van der Waals surface area contributed by atoms with Gasteiger partial charge in [-0.05, 0) is 53.9 Å². The third-order valence-corrected chi connectivity index (χ3v) is 6.03. The maximum absolute atomic E-state index is 12.7. The average molecular weight is 387 g/mol. The van der Waals surface area contributed by atoms with Gasteiger partial charge in [0.05, 0.1) is 19.6 Å². The van der Waals surface area contributed by atoms with E-state index in [4.69, 9.17) is 16.3 Å². The number of benzene rings is 2. The number of hydrogen-bond acceptors (Lipinski definition) is 3. The maximum atomic E-state index is 12.7. The fourth-order valence-corrected chi connectivity index (χ4v) is 4.65. The molecule has 6 heteroatoms. The Kier molecular flexibility index (Phi) is 4.83. The van der Waals surface area contributed by atoms with Crippen molar-refractivity contribution in [2.45, 2.75) is 23.8 Å². The number of hydrogen-bond donors (Lipinski definition) is 2. The Morgan fingerprint density at radius 1 is 1.35 bits per heavy atom. The third kappa shape index (κ3) is 3.41. The lowest BCUT2D eigenvalue weighted by atomic mass is 10.0. The number of ether oxygens (including phenoxy) is 1. The van der Waals surface area contributed by atoms with Crippen molar-refractivity contribution in [3.8, 4) is 5.75 Å². The lowest BCUT2D eigenvalue weighted by Gasteiger charge is -2.26. The van der Waals surface area contributed by atoms with Crippen LogP contribution in [0.3, 0.4) is 0 Å². The van der Waals surface area contributed by atoms with E-state index in [-0.39, 0.29) is 11.9 Å². The number of amides is 1. The molecule has 1 aromatic heterocycles.